The lowest BCUT2D eigenvalue weighted by molar-refractivity contribution is -0.133. The quantitative estimate of drug-likeness (QED) is 0.287. The van der Waals surface area contributed by atoms with Crippen LogP contribution in [0.4, 0.5) is 4.79 Å². The number of aromatic hydroxyl groups is 1. The Labute approximate surface area is 216 Å². The molecule has 0 bridgehead atoms. The van der Waals surface area contributed by atoms with Crippen molar-refractivity contribution in [3.05, 3.63) is 59.3 Å². The summed E-state index contributed by atoms with van der Waals surface area (Å²) in [6, 6.07) is 11.9. The van der Waals surface area contributed by atoms with Gasteiger partial charge in [-0.25, -0.2) is 4.79 Å². The van der Waals surface area contributed by atoms with E-state index in [1.807, 2.05) is 38.1 Å². The highest BCUT2D eigenvalue weighted by atomic mass is 16.5. The van der Waals surface area contributed by atoms with Gasteiger partial charge in [0.2, 0.25) is 0 Å². The molecule has 1 aromatic heterocycles. The van der Waals surface area contributed by atoms with Crippen molar-refractivity contribution in [1.29, 1.82) is 0 Å². The number of H-pyrrole nitrogens is 1. The molecule has 3 N–H and O–H groups in total. The van der Waals surface area contributed by atoms with Gasteiger partial charge in [-0.1, -0.05) is 12.1 Å². The lowest BCUT2D eigenvalue weighted by Gasteiger charge is -2.42. The molecule has 2 aliphatic rings. The summed E-state index contributed by atoms with van der Waals surface area (Å²) in [5.74, 6) is 0.674. The molecule has 2 aliphatic heterocycles. The predicted octanol–water partition coefficient (Wildman–Crippen LogP) is 3.57. The van der Waals surface area contributed by atoms with Crippen molar-refractivity contribution in [1.82, 2.24) is 20.1 Å². The van der Waals surface area contributed by atoms with Gasteiger partial charge in [-0.15, -0.1) is 0 Å². The third-order valence-corrected chi connectivity index (χ3v) is 7.35. The van der Waals surface area contributed by atoms with Crippen molar-refractivity contribution in [2.75, 3.05) is 40.0 Å². The molecule has 3 amide bonds. The maximum absolute atomic E-state index is 13.9. The van der Waals surface area contributed by atoms with Crippen LogP contribution in [0.3, 0.4) is 0 Å². The SMILES string of the molecule is CCOc1ccc2[nH]c3c(c2c1)C[C@@]1(C)C(=O)N(CCCNCCOC)C(=O)N1[C@@H]3c1cccc(O)c1. The molecule has 3 heterocycles. The number of rotatable bonds is 10. The molecule has 0 spiro atoms. The van der Waals surface area contributed by atoms with Crippen LogP contribution < -0.4 is 10.1 Å². The molecule has 0 unspecified atom stereocenters. The number of aromatic nitrogens is 1. The largest absolute Gasteiger partial charge is 0.508 e. The Balaban J connectivity index is 1.55. The van der Waals surface area contributed by atoms with E-state index in [0.29, 0.717) is 45.7 Å². The van der Waals surface area contributed by atoms with E-state index >= 15 is 0 Å². The molecule has 5 rings (SSSR count). The number of fused-ring (bicyclic) bond motifs is 4. The van der Waals surface area contributed by atoms with Crippen molar-refractivity contribution in [2.24, 2.45) is 0 Å². The summed E-state index contributed by atoms with van der Waals surface area (Å²) in [4.78, 5) is 34.3. The lowest BCUT2D eigenvalue weighted by atomic mass is 9.81. The fourth-order valence-corrected chi connectivity index (χ4v) is 5.65. The second-order valence-electron chi connectivity index (χ2n) is 9.81. The van der Waals surface area contributed by atoms with Gasteiger partial charge < -0.3 is 24.9 Å². The van der Waals surface area contributed by atoms with Crippen LogP contribution >= 0.6 is 0 Å². The number of amides is 3. The first-order valence-corrected chi connectivity index (χ1v) is 12.8. The molecule has 0 aliphatic carbocycles. The normalized spacial score (nSPS) is 21.0. The number of carbonyl (C=O) groups excluding carboxylic acids is 2. The van der Waals surface area contributed by atoms with Crippen LogP contribution in [0.1, 0.15) is 43.1 Å². The number of phenols is 1. The number of benzene rings is 2. The number of carbonyl (C=O) groups is 2. The Morgan fingerprint density at radius 2 is 2.03 bits per heavy atom. The number of methoxy groups -OCH3 is 1. The summed E-state index contributed by atoms with van der Waals surface area (Å²) in [5.41, 5.74) is 2.46. The fourth-order valence-electron chi connectivity index (χ4n) is 5.65. The number of hydrogen-bond acceptors (Lipinski definition) is 6. The first-order chi connectivity index (χ1) is 17.9. The van der Waals surface area contributed by atoms with Crippen LogP contribution in [0.25, 0.3) is 10.9 Å². The van der Waals surface area contributed by atoms with Crippen LogP contribution in [0.5, 0.6) is 11.5 Å². The third kappa shape index (κ3) is 4.32. The molecule has 2 aromatic carbocycles. The first kappa shape index (κ1) is 25.1. The molecule has 1 saturated heterocycles. The minimum atomic E-state index is -1.06. The van der Waals surface area contributed by atoms with E-state index in [2.05, 4.69) is 10.3 Å². The predicted molar refractivity (Wildman–Crippen MR) is 140 cm³/mol. The van der Waals surface area contributed by atoms with Crippen LogP contribution in [-0.4, -0.2) is 77.3 Å². The van der Waals surface area contributed by atoms with Gasteiger partial charge in [0.25, 0.3) is 5.91 Å². The van der Waals surface area contributed by atoms with Gasteiger partial charge in [0.15, 0.2) is 0 Å². The second-order valence-corrected chi connectivity index (χ2v) is 9.81. The molecule has 9 heteroatoms. The highest BCUT2D eigenvalue weighted by molar-refractivity contribution is 6.08. The van der Waals surface area contributed by atoms with Crippen LogP contribution in [-0.2, 0) is 16.0 Å². The second kappa shape index (κ2) is 10.1. The van der Waals surface area contributed by atoms with E-state index in [1.54, 1.807) is 30.2 Å². The smallest absolute Gasteiger partial charge is 0.328 e. The van der Waals surface area contributed by atoms with Gasteiger partial charge in [-0.05, 0) is 68.3 Å². The number of nitrogens with zero attached hydrogens (tertiary/aromatic N) is 2. The van der Waals surface area contributed by atoms with Crippen LogP contribution in [0, 0.1) is 0 Å². The molecule has 37 heavy (non-hydrogen) atoms. The van der Waals surface area contributed by atoms with E-state index in [0.717, 1.165) is 33.5 Å². The zero-order chi connectivity index (χ0) is 26.2. The highest BCUT2D eigenvalue weighted by Gasteiger charge is 2.60. The number of aromatic amines is 1. The lowest BCUT2D eigenvalue weighted by Crippen LogP contribution is -2.53. The monoisotopic (exact) mass is 506 g/mol. The molecule has 3 aromatic rings. The number of hydrogen-bond donors (Lipinski definition) is 3. The van der Waals surface area contributed by atoms with Gasteiger partial charge in [0.1, 0.15) is 23.1 Å². The zero-order valence-corrected chi connectivity index (χ0v) is 21.5. The molecule has 196 valence electrons. The Hall–Kier alpha value is -3.56. The first-order valence-electron chi connectivity index (χ1n) is 12.8. The van der Waals surface area contributed by atoms with E-state index < -0.39 is 11.6 Å². The van der Waals surface area contributed by atoms with Gasteiger partial charge >= 0.3 is 6.03 Å². The maximum Gasteiger partial charge on any atom is 0.328 e. The fraction of sp³-hybridized carbons (Fsp3) is 0.429. The van der Waals surface area contributed by atoms with Crippen molar-refractivity contribution in [3.63, 3.8) is 0 Å². The average Bonchev–Trinajstić information content (AvgIpc) is 3.32. The molecular formula is C28H34N4O5. The van der Waals surface area contributed by atoms with Crippen LogP contribution in [0.15, 0.2) is 42.5 Å². The number of urea groups is 1. The van der Waals surface area contributed by atoms with Crippen molar-refractivity contribution in [3.8, 4) is 11.5 Å². The van der Waals surface area contributed by atoms with Gasteiger partial charge in [-0.3, -0.25) is 14.6 Å². The summed E-state index contributed by atoms with van der Waals surface area (Å²) in [6.07, 6.45) is 1.04. The maximum atomic E-state index is 13.9. The minimum absolute atomic E-state index is 0.109. The highest BCUT2D eigenvalue weighted by Crippen LogP contribution is 2.49. The van der Waals surface area contributed by atoms with Crippen molar-refractivity contribution in [2.45, 2.75) is 38.3 Å². The van der Waals surface area contributed by atoms with E-state index in [1.165, 1.54) is 4.90 Å². The van der Waals surface area contributed by atoms with Crippen LogP contribution in [0.2, 0.25) is 0 Å². The Bertz CT molecular complexity index is 1320. The van der Waals surface area contributed by atoms with Crippen molar-refractivity contribution >= 4 is 22.8 Å². The Kier molecular flexibility index (Phi) is 6.83. The summed E-state index contributed by atoms with van der Waals surface area (Å²) >= 11 is 0. The molecular weight excluding hydrogens is 472 g/mol. The number of imide groups is 1. The van der Waals surface area contributed by atoms with Gasteiger partial charge in [-0.2, -0.15) is 0 Å². The zero-order valence-electron chi connectivity index (χ0n) is 21.5. The Morgan fingerprint density at radius 3 is 2.78 bits per heavy atom. The number of ether oxygens (including phenoxy) is 2. The summed E-state index contributed by atoms with van der Waals surface area (Å²) in [7, 11) is 1.65. The average molecular weight is 507 g/mol. The molecule has 2 atom stereocenters. The molecule has 1 fully saturated rings. The number of nitrogens with one attached hydrogen (secondary N) is 2. The molecule has 0 radical (unpaired) electrons. The Morgan fingerprint density at radius 1 is 1.19 bits per heavy atom. The summed E-state index contributed by atoms with van der Waals surface area (Å²) in [6.45, 7) is 6.68. The van der Waals surface area contributed by atoms with Crippen molar-refractivity contribution < 1.29 is 24.2 Å². The minimum Gasteiger partial charge on any atom is -0.508 e. The summed E-state index contributed by atoms with van der Waals surface area (Å²) in [5, 5.41) is 14.5. The standard InChI is InChI=1S/C28H34N4O5/c1-4-37-20-9-10-23-21(16-20)22-17-28(2)26(34)31(13-6-11-29-12-14-36-3)27(35)32(28)25(24(22)30-23)18-7-5-8-19(33)15-18/h5,7-10,15-16,25,29-30,33H,4,6,11-14,17H2,1-3H3/t25-,28+/m1/s1. The molecule has 0 saturated carbocycles. The van der Waals surface area contributed by atoms with Gasteiger partial charge in [0, 0.05) is 43.2 Å². The van der Waals surface area contributed by atoms with Gasteiger partial charge in [0.05, 0.1) is 13.2 Å². The molecule has 9 nitrogen and oxygen atoms in total. The third-order valence-electron chi connectivity index (χ3n) is 7.35. The van der Waals surface area contributed by atoms with E-state index in [9.17, 15) is 14.7 Å². The number of phenolic OH excluding ortho intramolecular Hbond substituents is 1. The topological polar surface area (TPSA) is 107 Å². The summed E-state index contributed by atoms with van der Waals surface area (Å²) < 4.78 is 10.8. The van der Waals surface area contributed by atoms with E-state index in [-0.39, 0.29) is 17.7 Å². The van der Waals surface area contributed by atoms with E-state index in [4.69, 9.17) is 9.47 Å².